The first-order valence-electron chi connectivity index (χ1n) is 12.2. The molecule has 0 saturated heterocycles. The van der Waals surface area contributed by atoms with E-state index in [0.717, 1.165) is 19.3 Å². The first-order valence-corrected chi connectivity index (χ1v) is 12.2. The Morgan fingerprint density at radius 2 is 1.74 bits per heavy atom. The highest BCUT2D eigenvalue weighted by molar-refractivity contribution is 6.02. The van der Waals surface area contributed by atoms with Crippen LogP contribution < -0.4 is 5.32 Å². The zero-order chi connectivity index (χ0) is 24.8. The largest absolute Gasteiger partial charge is 0.363 e. The molecule has 1 N–H and O–H groups in total. The van der Waals surface area contributed by atoms with E-state index in [2.05, 4.69) is 64.1 Å². The van der Waals surface area contributed by atoms with E-state index in [4.69, 9.17) is 0 Å². The number of amides is 1. The highest BCUT2D eigenvalue weighted by atomic mass is 16.6. The van der Waals surface area contributed by atoms with Gasteiger partial charge in [-0.3, -0.25) is 14.9 Å². The fourth-order valence-corrected chi connectivity index (χ4v) is 5.46. The van der Waals surface area contributed by atoms with E-state index >= 15 is 0 Å². The van der Waals surface area contributed by atoms with E-state index in [9.17, 15) is 14.9 Å². The molecule has 0 radical (unpaired) electrons. The molecule has 0 saturated carbocycles. The second kappa shape index (κ2) is 8.67. The molecular weight excluding hydrogens is 428 g/mol. The number of hydrogen-bond acceptors (Lipinski definition) is 5. The Hall–Kier alpha value is -2.96. The Morgan fingerprint density at radius 1 is 1.12 bits per heavy atom. The third-order valence-electron chi connectivity index (χ3n) is 8.86. The molecule has 182 valence electrons. The van der Waals surface area contributed by atoms with Crippen LogP contribution in [0.1, 0.15) is 77.6 Å². The van der Waals surface area contributed by atoms with Gasteiger partial charge in [0.15, 0.2) is 0 Å². The molecule has 3 atom stereocenters. The molecule has 0 spiro atoms. The number of benzene rings is 1. The SMILES string of the molecule is CC1=CC[C@H](CC=NN2C(=O)c3ccc([N+](=O)[O-])cc3N[C@@H]2C[C@H]2CC=C(C)C2(C)C)C1(C)C. The fourth-order valence-electron chi connectivity index (χ4n) is 5.46. The molecule has 1 aromatic carbocycles. The van der Waals surface area contributed by atoms with Crippen LogP contribution >= 0.6 is 0 Å². The van der Waals surface area contributed by atoms with Crippen LogP contribution in [-0.2, 0) is 0 Å². The molecule has 1 heterocycles. The predicted octanol–water partition coefficient (Wildman–Crippen LogP) is 6.54. The number of nitrogens with zero attached hydrogens (tertiary/aromatic N) is 3. The van der Waals surface area contributed by atoms with Gasteiger partial charge in [-0.2, -0.15) is 5.10 Å². The summed E-state index contributed by atoms with van der Waals surface area (Å²) < 4.78 is 0. The van der Waals surface area contributed by atoms with Gasteiger partial charge >= 0.3 is 0 Å². The summed E-state index contributed by atoms with van der Waals surface area (Å²) in [5, 5.41) is 21.0. The minimum absolute atomic E-state index is 0.0279. The van der Waals surface area contributed by atoms with Crippen molar-refractivity contribution in [3.63, 3.8) is 0 Å². The minimum Gasteiger partial charge on any atom is -0.363 e. The molecular formula is C27H36N4O3. The quantitative estimate of drug-likeness (QED) is 0.224. The lowest BCUT2D eigenvalue weighted by Gasteiger charge is -2.39. The average Bonchev–Trinajstić information content (AvgIpc) is 3.18. The first kappa shape index (κ1) is 24.2. The van der Waals surface area contributed by atoms with E-state index in [0.29, 0.717) is 29.5 Å². The van der Waals surface area contributed by atoms with Crippen LogP contribution in [0.5, 0.6) is 0 Å². The van der Waals surface area contributed by atoms with E-state index in [1.54, 1.807) is 5.01 Å². The number of carbonyl (C=O) groups excluding carboxylic acids is 1. The standard InChI is InChI=1S/C27H36N4O3/c1-17-7-9-19(26(17,3)4)13-14-28-30-24(15-20-10-8-18(2)27(20,5)6)29-23-16-21(31(33)34)11-12-22(23)25(30)32/h7-8,11-12,14,16,19-20,24,29H,9-10,13,15H2,1-6H3/t19-,20-,24+/m1/s1. The molecule has 1 aromatic rings. The van der Waals surface area contributed by atoms with Crippen molar-refractivity contribution in [1.29, 1.82) is 0 Å². The number of nitro benzene ring substituents is 1. The maximum Gasteiger partial charge on any atom is 0.278 e. The number of rotatable bonds is 6. The van der Waals surface area contributed by atoms with Crippen molar-refractivity contribution < 1.29 is 9.72 Å². The Kier molecular flexibility index (Phi) is 6.17. The van der Waals surface area contributed by atoms with E-state index < -0.39 is 4.92 Å². The highest BCUT2D eigenvalue weighted by Crippen LogP contribution is 2.47. The van der Waals surface area contributed by atoms with Gasteiger partial charge in [0, 0.05) is 18.3 Å². The fraction of sp³-hybridized carbons (Fsp3) is 0.556. The lowest BCUT2D eigenvalue weighted by Crippen LogP contribution is -2.47. The third kappa shape index (κ3) is 4.17. The van der Waals surface area contributed by atoms with Crippen LogP contribution in [0.15, 0.2) is 46.6 Å². The molecule has 3 aliphatic rings. The monoisotopic (exact) mass is 464 g/mol. The highest BCUT2D eigenvalue weighted by Gasteiger charge is 2.41. The van der Waals surface area contributed by atoms with E-state index in [-0.39, 0.29) is 28.6 Å². The van der Waals surface area contributed by atoms with Crippen LogP contribution in [0.2, 0.25) is 0 Å². The van der Waals surface area contributed by atoms with Crippen molar-refractivity contribution >= 4 is 23.5 Å². The molecule has 0 unspecified atom stereocenters. The summed E-state index contributed by atoms with van der Waals surface area (Å²) in [6.07, 6.45) is 9.57. The number of anilines is 1. The van der Waals surface area contributed by atoms with Crippen molar-refractivity contribution in [3.8, 4) is 0 Å². The predicted molar refractivity (Wildman–Crippen MR) is 136 cm³/mol. The first-order chi connectivity index (χ1) is 15.9. The van der Waals surface area contributed by atoms with E-state index in [1.807, 2.05) is 6.21 Å². The van der Waals surface area contributed by atoms with Crippen LogP contribution in [-0.4, -0.2) is 28.2 Å². The zero-order valence-corrected chi connectivity index (χ0v) is 21.1. The van der Waals surface area contributed by atoms with Crippen LogP contribution in [0.25, 0.3) is 0 Å². The van der Waals surface area contributed by atoms with Gasteiger partial charge in [-0.25, -0.2) is 5.01 Å². The number of hydrogen-bond donors (Lipinski definition) is 1. The molecule has 1 amide bonds. The van der Waals surface area contributed by atoms with Crippen molar-refractivity contribution in [2.45, 2.75) is 73.4 Å². The van der Waals surface area contributed by atoms with Gasteiger partial charge in [0.1, 0.15) is 6.17 Å². The molecule has 4 rings (SSSR count). The number of carbonyl (C=O) groups is 1. The number of fused-ring (bicyclic) bond motifs is 1. The van der Waals surface area contributed by atoms with Gasteiger partial charge < -0.3 is 5.32 Å². The smallest absolute Gasteiger partial charge is 0.278 e. The number of nitro groups is 1. The molecule has 0 fully saturated rings. The Morgan fingerprint density at radius 3 is 2.29 bits per heavy atom. The molecule has 2 aliphatic carbocycles. The Labute approximate surface area is 202 Å². The Balaban J connectivity index is 1.60. The summed E-state index contributed by atoms with van der Waals surface area (Å²) in [6, 6.07) is 4.36. The van der Waals surface area contributed by atoms with Gasteiger partial charge in [0.05, 0.1) is 16.2 Å². The van der Waals surface area contributed by atoms with Gasteiger partial charge in [-0.1, -0.05) is 51.0 Å². The van der Waals surface area contributed by atoms with Crippen molar-refractivity contribution in [3.05, 3.63) is 57.2 Å². The lowest BCUT2D eigenvalue weighted by atomic mass is 9.75. The van der Waals surface area contributed by atoms with Crippen LogP contribution in [0.3, 0.4) is 0 Å². The number of non-ortho nitro benzene ring substituents is 1. The Bertz CT molecular complexity index is 1100. The van der Waals surface area contributed by atoms with E-state index in [1.165, 1.54) is 29.3 Å². The molecule has 34 heavy (non-hydrogen) atoms. The summed E-state index contributed by atoms with van der Waals surface area (Å²) in [5.74, 6) is 0.583. The van der Waals surface area contributed by atoms with Crippen molar-refractivity contribution in [1.82, 2.24) is 5.01 Å². The topological polar surface area (TPSA) is 87.8 Å². The number of nitrogens with one attached hydrogen (secondary N) is 1. The van der Waals surface area contributed by atoms with Gasteiger partial charge in [0.25, 0.3) is 11.6 Å². The maximum atomic E-state index is 13.5. The van der Waals surface area contributed by atoms with Crippen molar-refractivity contribution in [2.75, 3.05) is 5.32 Å². The molecule has 0 aromatic heterocycles. The summed E-state index contributed by atoms with van der Waals surface area (Å²) in [7, 11) is 0. The number of allylic oxidation sites excluding steroid dienone is 4. The lowest BCUT2D eigenvalue weighted by molar-refractivity contribution is -0.384. The second-order valence-corrected chi connectivity index (χ2v) is 11.1. The summed E-state index contributed by atoms with van der Waals surface area (Å²) >= 11 is 0. The summed E-state index contributed by atoms with van der Waals surface area (Å²) in [5.41, 5.74) is 3.81. The molecule has 7 nitrogen and oxygen atoms in total. The maximum absolute atomic E-state index is 13.5. The normalized spacial score (nSPS) is 27.4. The summed E-state index contributed by atoms with van der Waals surface area (Å²) in [6.45, 7) is 13.4. The molecule has 1 aliphatic heterocycles. The van der Waals surface area contributed by atoms with Gasteiger partial charge in [0.2, 0.25) is 0 Å². The zero-order valence-electron chi connectivity index (χ0n) is 21.1. The minimum atomic E-state index is -0.432. The second-order valence-electron chi connectivity index (χ2n) is 11.1. The van der Waals surface area contributed by atoms with Crippen LogP contribution in [0, 0.1) is 32.8 Å². The van der Waals surface area contributed by atoms with Crippen molar-refractivity contribution in [2.24, 2.45) is 27.8 Å². The third-order valence-corrected chi connectivity index (χ3v) is 8.86. The summed E-state index contributed by atoms with van der Waals surface area (Å²) in [4.78, 5) is 24.4. The average molecular weight is 465 g/mol. The molecule has 0 bridgehead atoms. The van der Waals surface area contributed by atoms with Gasteiger partial charge in [-0.05, 0) is 68.3 Å². The number of hydrazone groups is 1. The van der Waals surface area contributed by atoms with Crippen LogP contribution in [0.4, 0.5) is 11.4 Å². The van der Waals surface area contributed by atoms with Gasteiger partial charge in [-0.15, -0.1) is 0 Å². The molecule has 7 heteroatoms.